The van der Waals surface area contributed by atoms with Crippen LogP contribution in [0.4, 0.5) is 0 Å². The zero-order chi connectivity index (χ0) is 19.9. The van der Waals surface area contributed by atoms with Crippen molar-refractivity contribution in [2.45, 2.75) is 20.4 Å². The predicted molar refractivity (Wildman–Crippen MR) is 112 cm³/mol. The molecule has 1 amide bonds. The second-order valence-corrected chi connectivity index (χ2v) is 7.42. The molecule has 4 nitrogen and oxygen atoms in total. The highest BCUT2D eigenvalue weighted by molar-refractivity contribution is 7.12. The lowest BCUT2D eigenvalue weighted by Gasteiger charge is -2.20. The molecular formula is C23H23NO3S. The number of hydrogen-bond donors (Lipinski definition) is 0. The Kier molecular flexibility index (Phi) is 6.61. The first-order chi connectivity index (χ1) is 13.6. The number of thiophene rings is 1. The predicted octanol–water partition coefficient (Wildman–Crippen LogP) is 4.93. The summed E-state index contributed by atoms with van der Waals surface area (Å²) in [6.07, 6.45) is 0. The minimum Gasteiger partial charge on any atom is -0.451 e. The van der Waals surface area contributed by atoms with Gasteiger partial charge in [0.25, 0.3) is 5.91 Å². The molecule has 28 heavy (non-hydrogen) atoms. The Morgan fingerprint density at radius 3 is 2.39 bits per heavy atom. The maximum Gasteiger partial charge on any atom is 0.349 e. The Bertz CT molecular complexity index is 932. The largest absolute Gasteiger partial charge is 0.451 e. The Hall–Kier alpha value is -2.92. The minimum absolute atomic E-state index is 0.201. The minimum atomic E-state index is -0.463. The van der Waals surface area contributed by atoms with Crippen molar-refractivity contribution in [2.24, 2.45) is 0 Å². The van der Waals surface area contributed by atoms with Gasteiger partial charge in [0.1, 0.15) is 4.88 Å². The molecular weight excluding hydrogens is 370 g/mol. The van der Waals surface area contributed by atoms with Gasteiger partial charge in [-0.15, -0.1) is 11.3 Å². The Morgan fingerprint density at radius 2 is 1.71 bits per heavy atom. The van der Waals surface area contributed by atoms with E-state index >= 15 is 0 Å². The third kappa shape index (κ3) is 4.87. The normalized spacial score (nSPS) is 10.5. The van der Waals surface area contributed by atoms with Crippen LogP contribution in [0.3, 0.4) is 0 Å². The zero-order valence-corrected chi connectivity index (χ0v) is 16.9. The van der Waals surface area contributed by atoms with Crippen LogP contribution in [-0.4, -0.2) is 29.9 Å². The Labute approximate surface area is 169 Å². The molecule has 0 fully saturated rings. The number of ether oxygens (including phenoxy) is 1. The summed E-state index contributed by atoms with van der Waals surface area (Å²) in [5.74, 6) is -0.664. The molecule has 0 aliphatic heterocycles. The quantitative estimate of drug-likeness (QED) is 0.535. The van der Waals surface area contributed by atoms with Crippen molar-refractivity contribution >= 4 is 23.2 Å². The number of benzene rings is 2. The highest BCUT2D eigenvalue weighted by Gasteiger charge is 2.19. The molecule has 3 aromatic rings. The average Bonchev–Trinajstić information content (AvgIpc) is 3.21. The summed E-state index contributed by atoms with van der Waals surface area (Å²) < 4.78 is 5.33. The van der Waals surface area contributed by atoms with Gasteiger partial charge in [0.2, 0.25) is 0 Å². The fraction of sp³-hybridized carbons (Fsp3) is 0.217. The van der Waals surface area contributed by atoms with E-state index in [-0.39, 0.29) is 12.5 Å². The third-order valence-corrected chi connectivity index (χ3v) is 5.39. The summed E-state index contributed by atoms with van der Waals surface area (Å²) in [4.78, 5) is 27.3. The summed E-state index contributed by atoms with van der Waals surface area (Å²) in [6.45, 7) is 4.73. The number of carbonyl (C=O) groups excluding carboxylic acids is 2. The molecule has 0 aliphatic carbocycles. The van der Waals surface area contributed by atoms with Crippen molar-refractivity contribution in [3.63, 3.8) is 0 Å². The lowest BCUT2D eigenvalue weighted by molar-refractivity contribution is -0.134. The van der Waals surface area contributed by atoms with Gasteiger partial charge in [0.15, 0.2) is 6.61 Å². The van der Waals surface area contributed by atoms with E-state index in [0.29, 0.717) is 18.0 Å². The van der Waals surface area contributed by atoms with Crippen LogP contribution in [0.5, 0.6) is 0 Å². The van der Waals surface area contributed by atoms with E-state index < -0.39 is 5.97 Å². The fourth-order valence-corrected chi connectivity index (χ4v) is 3.70. The fourth-order valence-electron chi connectivity index (χ4n) is 2.89. The molecule has 5 heteroatoms. The summed E-state index contributed by atoms with van der Waals surface area (Å²) in [7, 11) is 0. The molecule has 0 spiro atoms. The number of esters is 1. The van der Waals surface area contributed by atoms with E-state index in [2.05, 4.69) is 0 Å². The molecule has 0 bridgehead atoms. The molecule has 0 aliphatic rings. The number of hydrogen-bond acceptors (Lipinski definition) is 4. The van der Waals surface area contributed by atoms with Gasteiger partial charge in [-0.05, 0) is 36.4 Å². The van der Waals surface area contributed by atoms with Crippen LogP contribution in [0.25, 0.3) is 11.1 Å². The van der Waals surface area contributed by atoms with Crippen molar-refractivity contribution < 1.29 is 14.3 Å². The number of carbonyl (C=O) groups is 2. The highest BCUT2D eigenvalue weighted by Crippen LogP contribution is 2.29. The zero-order valence-electron chi connectivity index (χ0n) is 16.1. The van der Waals surface area contributed by atoms with Gasteiger partial charge >= 0.3 is 5.97 Å². The van der Waals surface area contributed by atoms with Gasteiger partial charge in [0, 0.05) is 18.7 Å². The van der Waals surface area contributed by atoms with Gasteiger partial charge in [-0.2, -0.15) is 0 Å². The van der Waals surface area contributed by atoms with E-state index in [1.165, 1.54) is 11.3 Å². The Balaban J connectivity index is 1.63. The number of nitrogens with zero attached hydrogens (tertiary/aromatic N) is 1. The maximum absolute atomic E-state index is 12.6. The molecule has 1 aromatic heterocycles. The first-order valence-corrected chi connectivity index (χ1v) is 10.1. The van der Waals surface area contributed by atoms with E-state index in [1.807, 2.05) is 79.9 Å². The third-order valence-electron chi connectivity index (χ3n) is 4.49. The lowest BCUT2D eigenvalue weighted by atomic mass is 10.1. The molecule has 0 radical (unpaired) electrons. The van der Waals surface area contributed by atoms with Crippen LogP contribution in [0.2, 0.25) is 0 Å². The van der Waals surface area contributed by atoms with E-state index in [9.17, 15) is 9.59 Å². The van der Waals surface area contributed by atoms with Crippen LogP contribution in [0.1, 0.15) is 27.7 Å². The molecule has 0 saturated carbocycles. The number of amides is 1. The SMILES string of the molecule is CCN(Cc1ccccc1)C(=O)COC(=O)c1sccc1-c1ccc(C)cc1. The van der Waals surface area contributed by atoms with Crippen LogP contribution in [0.15, 0.2) is 66.0 Å². The molecule has 3 rings (SSSR count). The van der Waals surface area contributed by atoms with Gasteiger partial charge < -0.3 is 9.64 Å². The van der Waals surface area contributed by atoms with Crippen LogP contribution < -0.4 is 0 Å². The van der Waals surface area contributed by atoms with Crippen molar-refractivity contribution in [2.75, 3.05) is 13.2 Å². The van der Waals surface area contributed by atoms with Crippen molar-refractivity contribution in [3.8, 4) is 11.1 Å². The van der Waals surface area contributed by atoms with Crippen molar-refractivity contribution in [3.05, 3.63) is 82.0 Å². The number of rotatable bonds is 7. The first kappa shape index (κ1) is 19.8. The second kappa shape index (κ2) is 9.33. The van der Waals surface area contributed by atoms with Gasteiger partial charge in [-0.3, -0.25) is 4.79 Å². The van der Waals surface area contributed by atoms with Gasteiger partial charge in [-0.1, -0.05) is 60.2 Å². The molecule has 0 N–H and O–H groups in total. The smallest absolute Gasteiger partial charge is 0.349 e. The van der Waals surface area contributed by atoms with Crippen LogP contribution in [0, 0.1) is 6.92 Å². The summed E-state index contributed by atoms with van der Waals surface area (Å²) in [6, 6.07) is 19.7. The maximum atomic E-state index is 12.6. The highest BCUT2D eigenvalue weighted by atomic mass is 32.1. The molecule has 1 heterocycles. The summed E-state index contributed by atoms with van der Waals surface area (Å²) in [5.41, 5.74) is 4.00. The topological polar surface area (TPSA) is 46.6 Å². The number of likely N-dealkylation sites (N-methyl/N-ethyl adjacent to an activating group) is 1. The van der Waals surface area contributed by atoms with Crippen molar-refractivity contribution in [1.82, 2.24) is 4.90 Å². The average molecular weight is 394 g/mol. The molecule has 0 unspecified atom stereocenters. The summed E-state index contributed by atoms with van der Waals surface area (Å²) >= 11 is 1.33. The molecule has 144 valence electrons. The van der Waals surface area contributed by atoms with Gasteiger partial charge in [0.05, 0.1) is 0 Å². The van der Waals surface area contributed by atoms with Crippen molar-refractivity contribution in [1.29, 1.82) is 0 Å². The Morgan fingerprint density at radius 1 is 1.00 bits per heavy atom. The van der Waals surface area contributed by atoms with E-state index in [1.54, 1.807) is 4.90 Å². The summed E-state index contributed by atoms with van der Waals surface area (Å²) in [5, 5.41) is 1.86. The first-order valence-electron chi connectivity index (χ1n) is 9.22. The number of aryl methyl sites for hydroxylation is 1. The van der Waals surface area contributed by atoms with Gasteiger partial charge in [-0.25, -0.2) is 4.79 Å². The van der Waals surface area contributed by atoms with Crippen LogP contribution >= 0.6 is 11.3 Å². The monoisotopic (exact) mass is 393 g/mol. The van der Waals surface area contributed by atoms with Crippen LogP contribution in [-0.2, 0) is 16.1 Å². The van der Waals surface area contributed by atoms with E-state index in [0.717, 1.165) is 22.3 Å². The molecule has 2 aromatic carbocycles. The molecule has 0 atom stereocenters. The standard InChI is InChI=1S/C23H23NO3S/c1-3-24(15-18-7-5-4-6-8-18)21(25)16-27-23(26)22-20(13-14-28-22)19-11-9-17(2)10-12-19/h4-14H,3,15-16H2,1-2H3. The van der Waals surface area contributed by atoms with E-state index in [4.69, 9.17) is 4.74 Å². The second-order valence-electron chi connectivity index (χ2n) is 6.50. The lowest BCUT2D eigenvalue weighted by Crippen LogP contribution is -2.34. The molecule has 0 saturated heterocycles.